The number of hydrazone groups is 1. The number of hydrogen-bond acceptors (Lipinski definition) is 5. The molecule has 1 aromatic heterocycles. The van der Waals surface area contributed by atoms with E-state index in [2.05, 4.69) is 15.8 Å². The Morgan fingerprint density at radius 1 is 0.974 bits per heavy atom. The lowest BCUT2D eigenvalue weighted by atomic mass is 10.0. The minimum absolute atomic E-state index is 0.0899. The highest BCUT2D eigenvalue weighted by Crippen LogP contribution is 2.27. The van der Waals surface area contributed by atoms with Gasteiger partial charge in [-0.25, -0.2) is 10.4 Å². The van der Waals surface area contributed by atoms with Crippen molar-refractivity contribution in [1.82, 2.24) is 10.4 Å². The highest BCUT2D eigenvalue weighted by Gasteiger charge is 2.22. The minimum Gasteiger partial charge on any atom is -0.494 e. The first-order chi connectivity index (χ1) is 19.0. The number of amides is 2. The van der Waals surface area contributed by atoms with Crippen molar-refractivity contribution in [1.29, 1.82) is 0 Å². The maximum absolute atomic E-state index is 13.3. The Morgan fingerprint density at radius 3 is 2.41 bits per heavy atom. The van der Waals surface area contributed by atoms with E-state index in [0.717, 1.165) is 59.2 Å². The molecule has 0 saturated heterocycles. The van der Waals surface area contributed by atoms with Gasteiger partial charge in [0.1, 0.15) is 5.75 Å². The zero-order valence-electron chi connectivity index (χ0n) is 22.2. The van der Waals surface area contributed by atoms with Gasteiger partial charge in [0.05, 0.1) is 29.1 Å². The van der Waals surface area contributed by atoms with Gasteiger partial charge in [0.15, 0.2) is 0 Å². The van der Waals surface area contributed by atoms with E-state index in [1.54, 1.807) is 6.07 Å². The molecule has 1 saturated carbocycles. The molecule has 2 amide bonds. The van der Waals surface area contributed by atoms with Crippen molar-refractivity contribution in [3.05, 3.63) is 90.0 Å². The van der Waals surface area contributed by atoms with Crippen LogP contribution in [0.5, 0.6) is 5.75 Å². The van der Waals surface area contributed by atoms with E-state index in [-0.39, 0.29) is 17.7 Å². The smallest absolute Gasteiger partial charge is 0.272 e. The fraction of sp³-hybridized carbons (Fsp3) is 0.250. The molecule has 39 heavy (non-hydrogen) atoms. The van der Waals surface area contributed by atoms with Gasteiger partial charge in [-0.2, -0.15) is 5.10 Å². The predicted octanol–water partition coefficient (Wildman–Crippen LogP) is 6.58. The second-order valence-corrected chi connectivity index (χ2v) is 9.72. The quantitative estimate of drug-likeness (QED) is 0.203. The van der Waals surface area contributed by atoms with E-state index in [1.165, 1.54) is 0 Å². The zero-order valence-corrected chi connectivity index (χ0v) is 22.2. The molecule has 0 atom stereocenters. The number of aromatic nitrogens is 1. The number of ether oxygens (including phenoxy) is 1. The summed E-state index contributed by atoms with van der Waals surface area (Å²) >= 11 is 0. The van der Waals surface area contributed by atoms with Crippen molar-refractivity contribution < 1.29 is 14.3 Å². The Kier molecular flexibility index (Phi) is 7.96. The molecule has 0 unspecified atom stereocenters. The van der Waals surface area contributed by atoms with Gasteiger partial charge >= 0.3 is 0 Å². The minimum atomic E-state index is -0.319. The number of hydrogen-bond donors (Lipinski definition) is 2. The van der Waals surface area contributed by atoms with Crippen molar-refractivity contribution in [2.75, 3.05) is 11.9 Å². The molecule has 7 nitrogen and oxygen atoms in total. The van der Waals surface area contributed by atoms with E-state index >= 15 is 0 Å². The molecule has 3 aromatic carbocycles. The summed E-state index contributed by atoms with van der Waals surface area (Å²) in [6, 6.07) is 24.5. The van der Waals surface area contributed by atoms with Crippen molar-refractivity contribution in [3.63, 3.8) is 0 Å². The molecule has 0 bridgehead atoms. The molecule has 1 aliphatic rings. The first kappa shape index (κ1) is 26.1. The third-order valence-corrected chi connectivity index (χ3v) is 7.04. The van der Waals surface area contributed by atoms with E-state index in [0.29, 0.717) is 23.6 Å². The molecule has 0 spiro atoms. The Hall–Kier alpha value is -4.52. The molecule has 2 N–H and O–H groups in total. The first-order valence-corrected chi connectivity index (χ1v) is 13.4. The molecule has 5 rings (SSSR count). The van der Waals surface area contributed by atoms with Gasteiger partial charge in [0.2, 0.25) is 5.91 Å². The van der Waals surface area contributed by atoms with Crippen molar-refractivity contribution >= 4 is 34.1 Å². The summed E-state index contributed by atoms with van der Waals surface area (Å²) in [5.74, 6) is 0.670. The average molecular weight is 521 g/mol. The van der Waals surface area contributed by atoms with Gasteiger partial charge in [-0.05, 0) is 80.8 Å². The fourth-order valence-electron chi connectivity index (χ4n) is 4.89. The van der Waals surface area contributed by atoms with Crippen molar-refractivity contribution in [2.45, 2.75) is 39.5 Å². The van der Waals surface area contributed by atoms with Crippen LogP contribution in [-0.4, -0.2) is 29.1 Å². The zero-order chi connectivity index (χ0) is 27.2. The summed E-state index contributed by atoms with van der Waals surface area (Å²) in [6.07, 6.45) is 4.17. The Morgan fingerprint density at radius 2 is 1.69 bits per heavy atom. The summed E-state index contributed by atoms with van der Waals surface area (Å²) < 4.78 is 5.55. The molecule has 0 aliphatic heterocycles. The van der Waals surface area contributed by atoms with Crippen LogP contribution in [0.3, 0.4) is 0 Å². The van der Waals surface area contributed by atoms with Crippen molar-refractivity contribution in [3.8, 4) is 17.0 Å². The summed E-state index contributed by atoms with van der Waals surface area (Å²) in [6.45, 7) is 4.38. The van der Waals surface area contributed by atoms with Crippen molar-refractivity contribution in [2.24, 2.45) is 11.0 Å². The summed E-state index contributed by atoms with van der Waals surface area (Å²) in [5, 5.41) is 8.11. The van der Waals surface area contributed by atoms with E-state index in [1.807, 2.05) is 86.6 Å². The Balaban J connectivity index is 1.32. The second-order valence-electron chi connectivity index (χ2n) is 9.72. The molecule has 1 aliphatic carbocycles. The van der Waals surface area contributed by atoms with Crippen LogP contribution in [0.4, 0.5) is 5.69 Å². The third-order valence-electron chi connectivity index (χ3n) is 7.04. The van der Waals surface area contributed by atoms with E-state index < -0.39 is 0 Å². The third kappa shape index (κ3) is 6.14. The molecule has 1 heterocycles. The lowest BCUT2D eigenvalue weighted by Gasteiger charge is -2.11. The van der Waals surface area contributed by atoms with Gasteiger partial charge in [0, 0.05) is 22.6 Å². The second kappa shape index (κ2) is 11.9. The Labute approximate surface area is 228 Å². The van der Waals surface area contributed by atoms with Crippen LogP contribution in [0, 0.1) is 5.92 Å². The number of benzene rings is 3. The lowest BCUT2D eigenvalue weighted by Crippen LogP contribution is -2.20. The van der Waals surface area contributed by atoms with E-state index in [9.17, 15) is 9.59 Å². The maximum atomic E-state index is 13.3. The monoisotopic (exact) mass is 520 g/mol. The van der Waals surface area contributed by atoms with Gasteiger partial charge in [-0.3, -0.25) is 9.59 Å². The molecular weight excluding hydrogens is 488 g/mol. The van der Waals surface area contributed by atoms with Crippen LogP contribution in [-0.2, 0) is 4.79 Å². The number of carbonyl (C=O) groups is 2. The number of anilines is 1. The van der Waals surface area contributed by atoms with E-state index in [4.69, 9.17) is 9.72 Å². The van der Waals surface area contributed by atoms with Gasteiger partial charge in [0.25, 0.3) is 5.91 Å². The molecule has 0 radical (unpaired) electrons. The first-order valence-electron chi connectivity index (χ1n) is 13.4. The number of para-hydroxylation sites is 1. The summed E-state index contributed by atoms with van der Waals surface area (Å²) in [5.41, 5.74) is 7.77. The highest BCUT2D eigenvalue weighted by molar-refractivity contribution is 6.08. The largest absolute Gasteiger partial charge is 0.494 e. The van der Waals surface area contributed by atoms with Crippen LogP contribution in [0.2, 0.25) is 0 Å². The van der Waals surface area contributed by atoms with Gasteiger partial charge < -0.3 is 10.1 Å². The lowest BCUT2D eigenvalue weighted by molar-refractivity contribution is -0.119. The Bertz CT molecular complexity index is 1510. The van der Waals surface area contributed by atoms with Gasteiger partial charge in [-0.1, -0.05) is 43.2 Å². The molecule has 198 valence electrons. The summed E-state index contributed by atoms with van der Waals surface area (Å²) in [4.78, 5) is 30.5. The number of rotatable bonds is 8. The van der Waals surface area contributed by atoms with Crippen LogP contribution >= 0.6 is 0 Å². The van der Waals surface area contributed by atoms with Gasteiger partial charge in [-0.15, -0.1) is 0 Å². The van der Waals surface area contributed by atoms with Crippen LogP contribution in [0.15, 0.2) is 84.0 Å². The van der Waals surface area contributed by atoms with Crippen LogP contribution in [0.1, 0.15) is 55.5 Å². The molecular formula is C32H32N4O3. The standard InChI is InChI=1S/C32H32N4O3/c1-3-39-26-18-14-23(15-19-26)30-20-28(27-10-6-7-11-29(27)34-30)32(38)36-35-21(2)22-12-16-25(17-13-22)33-31(37)24-8-4-5-9-24/h6-7,10-20,24H,3-5,8-9H2,1-2H3,(H,33,37)(H,36,38)/b35-21-. The maximum Gasteiger partial charge on any atom is 0.272 e. The predicted molar refractivity (Wildman–Crippen MR) is 155 cm³/mol. The molecule has 4 aromatic rings. The summed E-state index contributed by atoms with van der Waals surface area (Å²) in [7, 11) is 0. The number of nitrogens with one attached hydrogen (secondary N) is 2. The highest BCUT2D eigenvalue weighted by atomic mass is 16.5. The number of fused-ring (bicyclic) bond motifs is 1. The number of nitrogens with zero attached hydrogens (tertiary/aromatic N) is 2. The molecule has 1 fully saturated rings. The number of pyridine rings is 1. The fourth-order valence-corrected chi connectivity index (χ4v) is 4.89. The van der Waals surface area contributed by atoms with Crippen LogP contribution in [0.25, 0.3) is 22.2 Å². The SMILES string of the molecule is CCOc1ccc(-c2cc(C(=O)N/N=C(/C)c3ccc(NC(=O)C4CCCC4)cc3)c3ccccc3n2)cc1. The normalized spacial score (nSPS) is 13.8. The molecule has 7 heteroatoms. The topological polar surface area (TPSA) is 92.7 Å². The van der Waals surface area contributed by atoms with Crippen LogP contribution < -0.4 is 15.5 Å². The number of carbonyl (C=O) groups excluding carboxylic acids is 2. The average Bonchev–Trinajstić information content (AvgIpc) is 3.52.